The molecular formula is C23H34N6O8S2. The number of unbranched alkanes of at least 4 members (excludes halogenated alkanes) is 1. The number of nitro groups is 2. The number of non-ortho nitro benzene ring substituents is 2. The Morgan fingerprint density at radius 2 is 1.05 bits per heavy atom. The molecule has 0 heterocycles. The molecule has 0 fully saturated rings. The van der Waals surface area contributed by atoms with Crippen LogP contribution in [0.3, 0.4) is 0 Å². The van der Waals surface area contributed by atoms with E-state index in [1.165, 1.54) is 32.9 Å². The number of hydrogen-bond acceptors (Lipinski definition) is 10. The minimum atomic E-state index is -3.96. The van der Waals surface area contributed by atoms with Crippen LogP contribution < -0.4 is 11.1 Å². The van der Waals surface area contributed by atoms with Gasteiger partial charge in [0.15, 0.2) is 0 Å². The highest BCUT2D eigenvalue weighted by Gasteiger charge is 2.27. The maximum Gasteiger partial charge on any atom is 0.269 e. The van der Waals surface area contributed by atoms with Crippen molar-refractivity contribution in [3.8, 4) is 0 Å². The molecule has 0 atom stereocenters. The first-order chi connectivity index (χ1) is 18.4. The summed E-state index contributed by atoms with van der Waals surface area (Å²) >= 11 is 0. The van der Waals surface area contributed by atoms with Gasteiger partial charge in [0.05, 0.1) is 19.6 Å². The van der Waals surface area contributed by atoms with E-state index in [0.717, 1.165) is 24.3 Å². The average Bonchev–Trinajstić information content (AvgIpc) is 2.91. The molecule has 2 aromatic rings. The van der Waals surface area contributed by atoms with Gasteiger partial charge in [-0.15, -0.1) is 0 Å². The lowest BCUT2D eigenvalue weighted by atomic mass is 10.3. The van der Waals surface area contributed by atoms with Crippen LogP contribution in [0.15, 0.2) is 58.3 Å². The topological polar surface area (TPSA) is 199 Å². The van der Waals surface area contributed by atoms with Crippen molar-refractivity contribution < 1.29 is 26.7 Å². The highest BCUT2D eigenvalue weighted by Crippen LogP contribution is 2.22. The monoisotopic (exact) mass is 586 g/mol. The smallest absolute Gasteiger partial charge is 0.269 e. The molecule has 0 unspecified atom stereocenters. The first kappa shape index (κ1) is 32.2. The summed E-state index contributed by atoms with van der Waals surface area (Å²) in [5.41, 5.74) is 5.13. The largest absolute Gasteiger partial charge is 0.330 e. The number of benzene rings is 2. The van der Waals surface area contributed by atoms with Crippen LogP contribution in [0.1, 0.15) is 25.7 Å². The molecule has 0 aliphatic heterocycles. The minimum Gasteiger partial charge on any atom is -0.330 e. The quantitative estimate of drug-likeness (QED) is 0.148. The third-order valence-corrected chi connectivity index (χ3v) is 9.71. The van der Waals surface area contributed by atoms with Gasteiger partial charge in [-0.25, -0.2) is 16.8 Å². The van der Waals surface area contributed by atoms with E-state index in [0.29, 0.717) is 32.2 Å². The van der Waals surface area contributed by atoms with Gasteiger partial charge in [0, 0.05) is 50.4 Å². The zero-order valence-corrected chi connectivity index (χ0v) is 23.3. The molecule has 0 amide bonds. The van der Waals surface area contributed by atoms with Gasteiger partial charge >= 0.3 is 0 Å². The second-order valence-electron chi connectivity index (χ2n) is 8.62. The number of nitrogens with one attached hydrogen (secondary N) is 1. The Labute approximate surface area is 228 Å². The van der Waals surface area contributed by atoms with Gasteiger partial charge in [0.2, 0.25) is 20.0 Å². The highest BCUT2D eigenvalue weighted by molar-refractivity contribution is 7.89. The summed E-state index contributed by atoms with van der Waals surface area (Å²) in [4.78, 5) is 20.5. The molecule has 2 rings (SSSR count). The molecule has 0 aliphatic carbocycles. The van der Waals surface area contributed by atoms with E-state index in [-0.39, 0.29) is 53.9 Å². The van der Waals surface area contributed by atoms with E-state index >= 15 is 0 Å². The molecule has 0 radical (unpaired) electrons. The number of nitrogens with two attached hydrogens (primary N) is 1. The van der Waals surface area contributed by atoms with Crippen LogP contribution in [0.25, 0.3) is 0 Å². The van der Waals surface area contributed by atoms with Crippen molar-refractivity contribution in [2.24, 2.45) is 5.73 Å². The normalized spacial score (nSPS) is 12.2. The molecule has 0 aromatic heterocycles. The van der Waals surface area contributed by atoms with E-state index < -0.39 is 29.9 Å². The summed E-state index contributed by atoms with van der Waals surface area (Å²) < 4.78 is 55.5. The first-order valence-electron chi connectivity index (χ1n) is 12.3. The number of hydrogen-bond donors (Lipinski definition) is 2. The molecule has 0 bridgehead atoms. The molecular weight excluding hydrogens is 552 g/mol. The molecule has 3 N–H and O–H groups in total. The van der Waals surface area contributed by atoms with Crippen molar-refractivity contribution in [2.75, 3.05) is 46.3 Å². The Balaban J connectivity index is 2.14. The van der Waals surface area contributed by atoms with Crippen LogP contribution in [-0.4, -0.2) is 81.6 Å². The molecule has 0 aliphatic rings. The van der Waals surface area contributed by atoms with E-state index in [1.807, 2.05) is 0 Å². The summed E-state index contributed by atoms with van der Waals surface area (Å²) in [6.07, 6.45) is 1.62. The number of nitrogens with zero attached hydrogens (tertiary/aromatic N) is 4. The summed E-state index contributed by atoms with van der Waals surface area (Å²) in [5, 5.41) is 24.8. The lowest BCUT2D eigenvalue weighted by molar-refractivity contribution is -0.385. The third kappa shape index (κ3) is 9.01. The fourth-order valence-electron chi connectivity index (χ4n) is 3.76. The molecule has 0 saturated carbocycles. The van der Waals surface area contributed by atoms with Crippen molar-refractivity contribution in [3.63, 3.8) is 0 Å². The fourth-order valence-corrected chi connectivity index (χ4v) is 6.79. The van der Waals surface area contributed by atoms with Gasteiger partial charge < -0.3 is 11.1 Å². The van der Waals surface area contributed by atoms with Gasteiger partial charge in [-0.1, -0.05) is 0 Å². The number of rotatable bonds is 18. The molecule has 216 valence electrons. The third-order valence-electron chi connectivity index (χ3n) is 5.88. The Morgan fingerprint density at radius 1 is 0.692 bits per heavy atom. The van der Waals surface area contributed by atoms with Crippen LogP contribution in [0.4, 0.5) is 11.4 Å². The molecule has 2 aromatic carbocycles. The van der Waals surface area contributed by atoms with Gasteiger partial charge in [0.25, 0.3) is 11.4 Å². The molecule has 0 saturated heterocycles. The Bertz CT molecular complexity index is 1300. The predicted molar refractivity (Wildman–Crippen MR) is 145 cm³/mol. The van der Waals surface area contributed by atoms with Gasteiger partial charge in [0.1, 0.15) is 0 Å². The molecule has 0 spiro atoms. The van der Waals surface area contributed by atoms with Crippen LogP contribution in [0.2, 0.25) is 0 Å². The minimum absolute atomic E-state index is 0.0668. The SMILES string of the molecule is CNCCCN(CCCCN(CCCN)S(=O)(=O)c1ccc([N+](=O)[O-])cc1)S(=O)(=O)c1ccc([N+](=O)[O-])cc1. The lowest BCUT2D eigenvalue weighted by Gasteiger charge is -2.24. The van der Waals surface area contributed by atoms with E-state index in [1.54, 1.807) is 7.05 Å². The average molecular weight is 587 g/mol. The maximum atomic E-state index is 13.3. The predicted octanol–water partition coefficient (Wildman–Crippen LogP) is 1.92. The van der Waals surface area contributed by atoms with Crippen molar-refractivity contribution in [1.29, 1.82) is 0 Å². The first-order valence-corrected chi connectivity index (χ1v) is 15.2. The summed E-state index contributed by atoms with van der Waals surface area (Å²) in [6, 6.07) is 9.29. The van der Waals surface area contributed by atoms with Crippen molar-refractivity contribution in [1.82, 2.24) is 13.9 Å². The van der Waals surface area contributed by atoms with Gasteiger partial charge in [-0.3, -0.25) is 20.2 Å². The number of sulfonamides is 2. The molecule has 16 heteroatoms. The summed E-state index contributed by atoms with van der Waals surface area (Å²) in [7, 11) is -6.15. The zero-order chi connectivity index (χ0) is 29.1. The Kier molecular flexibility index (Phi) is 12.3. The Hall–Kier alpha value is -3.02. The molecule has 14 nitrogen and oxygen atoms in total. The van der Waals surface area contributed by atoms with Crippen LogP contribution in [-0.2, 0) is 20.0 Å². The Morgan fingerprint density at radius 3 is 1.38 bits per heavy atom. The van der Waals surface area contributed by atoms with Crippen molar-refractivity contribution >= 4 is 31.4 Å². The van der Waals surface area contributed by atoms with Crippen LogP contribution in [0.5, 0.6) is 0 Å². The van der Waals surface area contributed by atoms with Crippen molar-refractivity contribution in [2.45, 2.75) is 35.5 Å². The second-order valence-corrected chi connectivity index (χ2v) is 12.5. The van der Waals surface area contributed by atoms with Gasteiger partial charge in [-0.05, 0) is 70.1 Å². The number of nitro benzene ring substituents is 2. The van der Waals surface area contributed by atoms with E-state index in [4.69, 9.17) is 5.73 Å². The molecule has 39 heavy (non-hydrogen) atoms. The van der Waals surface area contributed by atoms with Crippen LogP contribution in [0, 0.1) is 20.2 Å². The van der Waals surface area contributed by atoms with E-state index in [9.17, 15) is 37.1 Å². The summed E-state index contributed by atoms with van der Waals surface area (Å²) in [6.45, 7) is 1.40. The zero-order valence-electron chi connectivity index (χ0n) is 21.6. The summed E-state index contributed by atoms with van der Waals surface area (Å²) in [5.74, 6) is 0. The van der Waals surface area contributed by atoms with Gasteiger partial charge in [-0.2, -0.15) is 8.61 Å². The lowest BCUT2D eigenvalue weighted by Crippen LogP contribution is -2.36. The highest BCUT2D eigenvalue weighted by atomic mass is 32.2. The second kappa shape index (κ2) is 14.9. The van der Waals surface area contributed by atoms with E-state index in [2.05, 4.69) is 5.32 Å². The fraction of sp³-hybridized carbons (Fsp3) is 0.478. The maximum absolute atomic E-state index is 13.3. The van der Waals surface area contributed by atoms with Crippen LogP contribution >= 0.6 is 0 Å². The van der Waals surface area contributed by atoms with Crippen molar-refractivity contribution in [3.05, 3.63) is 68.8 Å². The standard InChI is InChI=1S/C23H34N6O8S2/c1-25-15-5-19-27(39(36,37)23-12-8-21(9-13-23)29(32)33)17-3-2-16-26(18-4-14-24)38(34,35)22-10-6-20(7-11-22)28(30)31/h6-13,25H,2-5,14-19,24H2,1H3.